The largest absolute Gasteiger partial charge is 0.463 e. The van der Waals surface area contributed by atoms with Crippen molar-refractivity contribution in [3.05, 3.63) is 0 Å². The molecule has 0 aliphatic rings. The van der Waals surface area contributed by atoms with Gasteiger partial charge in [0, 0.05) is 17.4 Å². The van der Waals surface area contributed by atoms with Crippen molar-refractivity contribution in [3.63, 3.8) is 0 Å². The Morgan fingerprint density at radius 2 is 1.37 bits per heavy atom. The van der Waals surface area contributed by atoms with E-state index in [9.17, 15) is 4.79 Å². The number of esters is 1. The number of carbonyl (C=O) groups is 1. The zero-order valence-electron chi connectivity index (χ0n) is 17.6. The van der Waals surface area contributed by atoms with Crippen molar-refractivity contribution in [1.29, 1.82) is 0 Å². The first-order valence-electron chi connectivity index (χ1n) is 11.2. The predicted molar refractivity (Wildman–Crippen MR) is 116 cm³/mol. The minimum atomic E-state index is -0.195. The average molecular weight is 405 g/mol. The van der Waals surface area contributed by atoms with Crippen molar-refractivity contribution in [2.45, 2.75) is 108 Å². The van der Waals surface area contributed by atoms with Gasteiger partial charge in [-0.1, -0.05) is 77.6 Å². The molecule has 162 valence electrons. The van der Waals surface area contributed by atoms with Crippen LogP contribution in [0.1, 0.15) is 103 Å². The molecule has 0 saturated heterocycles. The number of carbonyl (C=O) groups excluding carboxylic acids is 1. The van der Waals surface area contributed by atoms with Crippen LogP contribution in [0.3, 0.4) is 0 Å². The Morgan fingerprint density at radius 1 is 0.815 bits per heavy atom. The van der Waals surface area contributed by atoms with Crippen molar-refractivity contribution in [2.75, 3.05) is 25.6 Å². The topological polar surface area (TPSA) is 66.8 Å². The van der Waals surface area contributed by atoms with Gasteiger partial charge in [-0.2, -0.15) is 11.8 Å². The Kier molecular flexibility index (Phi) is 21.8. The summed E-state index contributed by atoms with van der Waals surface area (Å²) in [5.74, 6) is 0.663. The van der Waals surface area contributed by atoms with Gasteiger partial charge in [-0.15, -0.1) is 0 Å². The van der Waals surface area contributed by atoms with Crippen molar-refractivity contribution in [3.8, 4) is 0 Å². The van der Waals surface area contributed by atoms with Gasteiger partial charge in [0.15, 0.2) is 0 Å². The Bertz CT molecular complexity index is 313. The first-order valence-corrected chi connectivity index (χ1v) is 12.3. The zero-order valence-corrected chi connectivity index (χ0v) is 18.4. The minimum absolute atomic E-state index is 0.0972. The standard InChI is InChI=1S/C22H44O4S/c1-2-3-4-5-6-8-11-14-21(27-20-18-24)15-12-9-7-10-13-16-22(25)26-19-17-23/h21,23-24H,2-20H2,1H3. The summed E-state index contributed by atoms with van der Waals surface area (Å²) in [5.41, 5.74) is 0. The van der Waals surface area contributed by atoms with E-state index in [0.717, 1.165) is 18.6 Å². The third-order valence-corrected chi connectivity index (χ3v) is 6.20. The second-order valence-electron chi connectivity index (χ2n) is 7.38. The Labute approximate surface area is 171 Å². The number of hydrogen-bond acceptors (Lipinski definition) is 5. The molecule has 0 heterocycles. The van der Waals surface area contributed by atoms with Gasteiger partial charge in [-0.3, -0.25) is 4.79 Å². The van der Waals surface area contributed by atoms with E-state index in [4.69, 9.17) is 14.9 Å². The molecule has 0 rings (SSSR count). The molecule has 1 atom stereocenters. The van der Waals surface area contributed by atoms with Gasteiger partial charge in [-0.05, 0) is 19.3 Å². The summed E-state index contributed by atoms with van der Waals surface area (Å²) in [5, 5.41) is 18.4. The molecule has 0 saturated carbocycles. The summed E-state index contributed by atoms with van der Waals surface area (Å²) in [7, 11) is 0. The number of hydrogen-bond donors (Lipinski definition) is 2. The maximum absolute atomic E-state index is 11.3. The van der Waals surface area contributed by atoms with Crippen LogP contribution in [-0.2, 0) is 9.53 Å². The van der Waals surface area contributed by atoms with Crippen LogP contribution in [0.25, 0.3) is 0 Å². The Balaban J connectivity index is 3.62. The molecule has 0 amide bonds. The van der Waals surface area contributed by atoms with Crippen LogP contribution >= 0.6 is 11.8 Å². The summed E-state index contributed by atoms with van der Waals surface area (Å²) >= 11 is 1.94. The number of rotatable bonds is 21. The molecular formula is C22H44O4S. The van der Waals surface area contributed by atoms with E-state index in [1.165, 1.54) is 77.0 Å². The fraction of sp³-hybridized carbons (Fsp3) is 0.955. The van der Waals surface area contributed by atoms with Gasteiger partial charge < -0.3 is 14.9 Å². The van der Waals surface area contributed by atoms with Crippen molar-refractivity contribution < 1.29 is 19.7 Å². The molecule has 0 aromatic rings. The predicted octanol–water partition coefficient (Wildman–Crippen LogP) is 5.49. The van der Waals surface area contributed by atoms with Crippen molar-refractivity contribution >= 4 is 17.7 Å². The summed E-state index contributed by atoms with van der Waals surface area (Å²) < 4.78 is 4.85. The molecule has 2 N–H and O–H groups in total. The SMILES string of the molecule is CCCCCCCCCC(CCCCCCCC(=O)OCCO)SCCO. The van der Waals surface area contributed by atoms with Crippen LogP contribution in [0, 0.1) is 0 Å². The van der Waals surface area contributed by atoms with E-state index in [-0.39, 0.29) is 25.8 Å². The molecule has 0 aliphatic carbocycles. The quantitative estimate of drug-likeness (QED) is 0.196. The van der Waals surface area contributed by atoms with Gasteiger partial charge >= 0.3 is 5.97 Å². The molecule has 5 heteroatoms. The molecule has 4 nitrogen and oxygen atoms in total. The lowest BCUT2D eigenvalue weighted by Gasteiger charge is -2.16. The fourth-order valence-electron chi connectivity index (χ4n) is 3.26. The van der Waals surface area contributed by atoms with Gasteiger partial charge in [0.05, 0.1) is 13.2 Å². The van der Waals surface area contributed by atoms with Crippen LogP contribution in [0.5, 0.6) is 0 Å². The van der Waals surface area contributed by atoms with E-state index in [2.05, 4.69) is 6.92 Å². The molecule has 0 bridgehead atoms. The number of thioether (sulfide) groups is 1. The molecular weight excluding hydrogens is 360 g/mol. The molecule has 0 aliphatic heterocycles. The van der Waals surface area contributed by atoms with E-state index < -0.39 is 0 Å². The second-order valence-corrected chi connectivity index (χ2v) is 8.79. The van der Waals surface area contributed by atoms with Gasteiger partial charge in [-0.25, -0.2) is 0 Å². The highest BCUT2D eigenvalue weighted by molar-refractivity contribution is 7.99. The molecule has 0 radical (unpaired) electrons. The highest BCUT2D eigenvalue weighted by Gasteiger charge is 2.09. The van der Waals surface area contributed by atoms with Crippen LogP contribution in [0.15, 0.2) is 0 Å². The molecule has 0 fully saturated rings. The third kappa shape index (κ3) is 20.3. The van der Waals surface area contributed by atoms with Gasteiger partial charge in [0.2, 0.25) is 0 Å². The smallest absolute Gasteiger partial charge is 0.305 e. The maximum Gasteiger partial charge on any atom is 0.305 e. The van der Waals surface area contributed by atoms with Gasteiger partial charge in [0.1, 0.15) is 6.61 Å². The normalized spacial score (nSPS) is 12.3. The first-order chi connectivity index (χ1) is 13.2. The minimum Gasteiger partial charge on any atom is -0.463 e. The molecule has 1 unspecified atom stereocenters. The number of aliphatic hydroxyl groups is 2. The van der Waals surface area contributed by atoms with E-state index in [1.807, 2.05) is 11.8 Å². The van der Waals surface area contributed by atoms with E-state index in [1.54, 1.807) is 0 Å². The second kappa shape index (κ2) is 22.0. The van der Waals surface area contributed by atoms with Crippen molar-refractivity contribution in [1.82, 2.24) is 0 Å². The van der Waals surface area contributed by atoms with Crippen LogP contribution < -0.4 is 0 Å². The fourth-order valence-corrected chi connectivity index (χ4v) is 4.37. The van der Waals surface area contributed by atoms with Crippen LogP contribution in [0.2, 0.25) is 0 Å². The molecule has 0 aromatic carbocycles. The molecule has 0 spiro atoms. The lowest BCUT2D eigenvalue weighted by Crippen LogP contribution is -2.08. The summed E-state index contributed by atoms with van der Waals surface area (Å²) in [6.45, 7) is 2.56. The Morgan fingerprint density at radius 3 is 1.93 bits per heavy atom. The number of ether oxygens (including phenoxy) is 1. The summed E-state index contributed by atoms with van der Waals surface area (Å²) in [6, 6.07) is 0. The van der Waals surface area contributed by atoms with Crippen molar-refractivity contribution in [2.24, 2.45) is 0 Å². The lowest BCUT2D eigenvalue weighted by molar-refractivity contribution is -0.144. The highest BCUT2D eigenvalue weighted by Crippen LogP contribution is 2.24. The van der Waals surface area contributed by atoms with Crippen LogP contribution in [-0.4, -0.2) is 47.0 Å². The van der Waals surface area contributed by atoms with E-state index in [0.29, 0.717) is 11.7 Å². The monoisotopic (exact) mass is 404 g/mol. The first kappa shape index (κ1) is 26.7. The number of unbranched alkanes of at least 4 members (excludes halogenated alkanes) is 10. The Hall–Kier alpha value is -0.260. The number of aliphatic hydroxyl groups excluding tert-OH is 2. The molecule has 27 heavy (non-hydrogen) atoms. The summed E-state index contributed by atoms with van der Waals surface area (Å²) in [4.78, 5) is 11.3. The highest BCUT2D eigenvalue weighted by atomic mass is 32.2. The summed E-state index contributed by atoms with van der Waals surface area (Å²) in [6.07, 6.45) is 18.1. The van der Waals surface area contributed by atoms with Gasteiger partial charge in [0.25, 0.3) is 0 Å². The molecule has 0 aromatic heterocycles. The van der Waals surface area contributed by atoms with Crippen LogP contribution in [0.4, 0.5) is 0 Å². The van der Waals surface area contributed by atoms with E-state index >= 15 is 0 Å². The lowest BCUT2D eigenvalue weighted by atomic mass is 10.0. The average Bonchev–Trinajstić information content (AvgIpc) is 2.68. The maximum atomic E-state index is 11.3. The zero-order chi connectivity index (χ0) is 20.0. The third-order valence-electron chi connectivity index (χ3n) is 4.84.